The molecule has 0 N–H and O–H groups in total. The first-order valence-corrected chi connectivity index (χ1v) is 11.6. The zero-order chi connectivity index (χ0) is 24.5. The molecule has 0 saturated heterocycles. The van der Waals surface area contributed by atoms with E-state index < -0.39 is 5.41 Å². The summed E-state index contributed by atoms with van der Waals surface area (Å²) < 4.78 is 10.8. The van der Waals surface area contributed by atoms with Crippen LogP contribution in [0.5, 0.6) is 5.75 Å². The first kappa shape index (κ1) is 26.2. The lowest BCUT2D eigenvalue weighted by molar-refractivity contribution is -0.158. The number of hydrogen-bond donors (Lipinski definition) is 0. The van der Waals surface area contributed by atoms with Crippen molar-refractivity contribution in [2.75, 3.05) is 14.2 Å². The Morgan fingerprint density at radius 3 is 2.25 bits per heavy atom. The Bertz CT molecular complexity index is 900. The van der Waals surface area contributed by atoms with E-state index in [-0.39, 0.29) is 22.2 Å². The number of benzene rings is 1. The van der Waals surface area contributed by atoms with Gasteiger partial charge in [-0.15, -0.1) is 0 Å². The molecule has 32 heavy (non-hydrogen) atoms. The molecule has 0 spiro atoms. The van der Waals surface area contributed by atoms with Crippen LogP contribution in [0.25, 0.3) is 5.57 Å². The van der Waals surface area contributed by atoms with Crippen molar-refractivity contribution in [3.63, 3.8) is 0 Å². The number of aldehydes is 1. The van der Waals surface area contributed by atoms with Crippen molar-refractivity contribution < 1.29 is 19.1 Å². The molecule has 0 unspecified atom stereocenters. The fourth-order valence-corrected chi connectivity index (χ4v) is 5.08. The number of carbonyl (C=O) groups excluding carboxylic acids is 2. The Hall–Kier alpha value is -2.10. The second kappa shape index (κ2) is 9.03. The highest BCUT2D eigenvalue weighted by Gasteiger charge is 2.47. The van der Waals surface area contributed by atoms with Crippen LogP contribution in [0.1, 0.15) is 92.2 Å². The van der Waals surface area contributed by atoms with E-state index in [0.717, 1.165) is 54.4 Å². The van der Waals surface area contributed by atoms with E-state index in [1.165, 1.54) is 12.7 Å². The minimum atomic E-state index is -0.628. The van der Waals surface area contributed by atoms with Crippen LogP contribution in [0.2, 0.25) is 0 Å². The van der Waals surface area contributed by atoms with Gasteiger partial charge in [0.15, 0.2) is 0 Å². The predicted octanol–water partition coefficient (Wildman–Crippen LogP) is 6.75. The molecule has 0 bridgehead atoms. The first-order chi connectivity index (χ1) is 14.6. The standard InChI is InChI=1S/C28H42O4/c1-25(2)14-13-21(19(16-25)17-29)22-15-20(11-12-23(22)31-9)26(3,4)18-27(5,6)28(7,8)24(30)32-10/h11-12,15,17H,13-14,16,18H2,1-10H3. The van der Waals surface area contributed by atoms with Gasteiger partial charge in [0.1, 0.15) is 12.0 Å². The molecular weight excluding hydrogens is 400 g/mol. The zero-order valence-electron chi connectivity index (χ0n) is 21.8. The molecule has 0 atom stereocenters. The maximum Gasteiger partial charge on any atom is 0.311 e. The second-order valence-corrected chi connectivity index (χ2v) is 11.9. The Morgan fingerprint density at radius 1 is 1.09 bits per heavy atom. The molecule has 0 saturated carbocycles. The number of ether oxygens (including phenoxy) is 2. The number of rotatable bonds is 8. The van der Waals surface area contributed by atoms with Crippen LogP contribution in [-0.4, -0.2) is 26.5 Å². The summed E-state index contributed by atoms with van der Waals surface area (Å²) in [5.41, 5.74) is 3.16. The highest BCUT2D eigenvalue weighted by Crippen LogP contribution is 2.49. The summed E-state index contributed by atoms with van der Waals surface area (Å²) in [4.78, 5) is 24.5. The van der Waals surface area contributed by atoms with Crippen LogP contribution in [0.15, 0.2) is 23.8 Å². The Kier molecular flexibility index (Phi) is 7.38. The third-order valence-corrected chi connectivity index (χ3v) is 7.83. The normalized spacial score (nSPS) is 17.2. The van der Waals surface area contributed by atoms with Gasteiger partial charge in [-0.2, -0.15) is 0 Å². The smallest absolute Gasteiger partial charge is 0.311 e. The lowest BCUT2D eigenvalue weighted by atomic mass is 9.60. The third kappa shape index (κ3) is 5.10. The molecule has 4 heteroatoms. The van der Waals surface area contributed by atoms with Crippen molar-refractivity contribution in [2.24, 2.45) is 16.2 Å². The van der Waals surface area contributed by atoms with Crippen molar-refractivity contribution in [3.8, 4) is 5.75 Å². The molecule has 1 aromatic rings. The molecular formula is C28H42O4. The number of methoxy groups -OCH3 is 2. The van der Waals surface area contributed by atoms with Gasteiger partial charge in [-0.25, -0.2) is 0 Å². The fourth-order valence-electron chi connectivity index (χ4n) is 5.08. The van der Waals surface area contributed by atoms with Crippen molar-refractivity contribution in [1.82, 2.24) is 0 Å². The average Bonchev–Trinajstić information content (AvgIpc) is 2.70. The van der Waals surface area contributed by atoms with E-state index in [1.807, 2.05) is 19.9 Å². The quantitative estimate of drug-likeness (QED) is 0.330. The lowest BCUT2D eigenvalue weighted by Gasteiger charge is -2.44. The molecule has 0 aliphatic heterocycles. The van der Waals surface area contributed by atoms with Gasteiger partial charge in [-0.3, -0.25) is 9.59 Å². The number of hydrogen-bond acceptors (Lipinski definition) is 4. The van der Waals surface area contributed by atoms with Gasteiger partial charge in [0.2, 0.25) is 0 Å². The van der Waals surface area contributed by atoms with Crippen molar-refractivity contribution in [2.45, 2.75) is 86.5 Å². The van der Waals surface area contributed by atoms with E-state index in [4.69, 9.17) is 9.47 Å². The molecule has 4 nitrogen and oxygen atoms in total. The highest BCUT2D eigenvalue weighted by molar-refractivity contribution is 5.90. The Morgan fingerprint density at radius 2 is 1.72 bits per heavy atom. The second-order valence-electron chi connectivity index (χ2n) is 11.9. The summed E-state index contributed by atoms with van der Waals surface area (Å²) in [6.07, 6.45) is 4.50. The van der Waals surface area contributed by atoms with Gasteiger partial charge in [0.25, 0.3) is 0 Å². The van der Waals surface area contributed by atoms with Crippen LogP contribution < -0.4 is 4.74 Å². The predicted molar refractivity (Wildman–Crippen MR) is 131 cm³/mol. The molecule has 0 fully saturated rings. The molecule has 1 aromatic carbocycles. The summed E-state index contributed by atoms with van der Waals surface area (Å²) in [5, 5.41) is 0. The Labute approximate surface area is 194 Å². The van der Waals surface area contributed by atoms with Gasteiger partial charge in [-0.05, 0) is 84.6 Å². The molecule has 0 aromatic heterocycles. The number of carbonyl (C=O) groups is 2. The van der Waals surface area contributed by atoms with Crippen LogP contribution in [0.4, 0.5) is 0 Å². The summed E-state index contributed by atoms with van der Waals surface area (Å²) >= 11 is 0. The minimum absolute atomic E-state index is 0.132. The van der Waals surface area contributed by atoms with Gasteiger partial charge in [0, 0.05) is 5.56 Å². The van der Waals surface area contributed by atoms with E-state index >= 15 is 0 Å². The summed E-state index contributed by atoms with van der Waals surface area (Å²) in [6.45, 7) is 17.0. The van der Waals surface area contributed by atoms with Crippen LogP contribution in [0, 0.1) is 16.2 Å². The topological polar surface area (TPSA) is 52.6 Å². The molecule has 1 aliphatic rings. The first-order valence-electron chi connectivity index (χ1n) is 11.6. The van der Waals surface area contributed by atoms with Crippen molar-refractivity contribution in [1.29, 1.82) is 0 Å². The molecule has 0 amide bonds. The van der Waals surface area contributed by atoms with Crippen LogP contribution >= 0.6 is 0 Å². The van der Waals surface area contributed by atoms with Crippen molar-refractivity contribution in [3.05, 3.63) is 34.9 Å². The van der Waals surface area contributed by atoms with Crippen molar-refractivity contribution >= 4 is 17.8 Å². The van der Waals surface area contributed by atoms with E-state index in [9.17, 15) is 9.59 Å². The maximum atomic E-state index is 12.5. The average molecular weight is 443 g/mol. The minimum Gasteiger partial charge on any atom is -0.496 e. The number of esters is 1. The van der Waals surface area contributed by atoms with Gasteiger partial charge in [0.05, 0.1) is 19.6 Å². The molecule has 0 heterocycles. The zero-order valence-corrected chi connectivity index (χ0v) is 21.8. The van der Waals surface area contributed by atoms with E-state index in [1.54, 1.807) is 7.11 Å². The lowest BCUT2D eigenvalue weighted by Crippen LogP contribution is -2.43. The highest BCUT2D eigenvalue weighted by atomic mass is 16.5. The SMILES string of the molecule is COC(=O)C(C)(C)C(C)(C)CC(C)(C)c1ccc(OC)c(C2=C(C=O)CC(C)(C)CC2)c1. The third-order valence-electron chi connectivity index (χ3n) is 7.83. The van der Waals surface area contributed by atoms with Gasteiger partial charge in [-0.1, -0.05) is 47.6 Å². The van der Waals surface area contributed by atoms with Crippen LogP contribution in [0.3, 0.4) is 0 Å². The molecule has 1 aliphatic carbocycles. The number of allylic oxidation sites excluding steroid dienone is 2. The summed E-state index contributed by atoms with van der Waals surface area (Å²) in [7, 11) is 3.13. The largest absolute Gasteiger partial charge is 0.496 e. The Balaban J connectivity index is 2.52. The maximum absolute atomic E-state index is 12.5. The molecule has 0 radical (unpaired) electrons. The summed E-state index contributed by atoms with van der Waals surface area (Å²) in [5.74, 6) is 0.604. The van der Waals surface area contributed by atoms with E-state index in [0.29, 0.717) is 0 Å². The van der Waals surface area contributed by atoms with E-state index in [2.05, 4.69) is 53.7 Å². The monoisotopic (exact) mass is 442 g/mol. The summed E-state index contributed by atoms with van der Waals surface area (Å²) in [6, 6.07) is 6.31. The molecule has 178 valence electrons. The molecule has 2 rings (SSSR count). The van der Waals surface area contributed by atoms with Gasteiger partial charge >= 0.3 is 5.97 Å². The van der Waals surface area contributed by atoms with Gasteiger partial charge < -0.3 is 9.47 Å². The van der Waals surface area contributed by atoms with Crippen LogP contribution in [-0.2, 0) is 19.7 Å². The fraction of sp³-hybridized carbons (Fsp3) is 0.643.